The molecule has 1 heterocycles. The van der Waals surface area contributed by atoms with Gasteiger partial charge in [-0.2, -0.15) is 0 Å². The van der Waals surface area contributed by atoms with Gasteiger partial charge in [0.25, 0.3) is 5.91 Å². The summed E-state index contributed by atoms with van der Waals surface area (Å²) in [5, 5.41) is 37.8. The number of esters is 4. The van der Waals surface area contributed by atoms with Gasteiger partial charge in [0.15, 0.2) is 17.5 Å². The van der Waals surface area contributed by atoms with Crippen molar-refractivity contribution in [1.29, 1.82) is 0 Å². The van der Waals surface area contributed by atoms with E-state index >= 15 is 9.59 Å². The molecule has 0 aromatic heterocycles. The number of hydrogen-bond donors (Lipinski definition) is 8. The smallest absolute Gasteiger partial charge is 0.410 e. The van der Waals surface area contributed by atoms with E-state index in [9.17, 15) is 48.6 Å². The molecule has 4 aromatic carbocycles. The van der Waals surface area contributed by atoms with Crippen molar-refractivity contribution in [2.75, 3.05) is 33.3 Å². The Bertz CT molecular complexity index is 3520. The molecule has 1 unspecified atom stereocenters. The van der Waals surface area contributed by atoms with Crippen LogP contribution in [-0.4, -0.2) is 173 Å². The van der Waals surface area contributed by atoms with E-state index < -0.39 is 161 Å². The highest BCUT2D eigenvalue weighted by atomic mass is 16.6. The topological polar surface area (TPSA) is 370 Å². The van der Waals surface area contributed by atoms with Crippen LogP contribution in [0.15, 0.2) is 132 Å². The number of ketones is 1. The number of hydrogen-bond acceptors (Lipinski definition) is 20. The van der Waals surface area contributed by atoms with Crippen molar-refractivity contribution in [3.05, 3.63) is 155 Å². The summed E-state index contributed by atoms with van der Waals surface area (Å²) in [4.78, 5) is 144. The minimum atomic E-state index is -2.57. The van der Waals surface area contributed by atoms with Gasteiger partial charge in [-0.3, -0.25) is 33.6 Å². The fourth-order valence-corrected chi connectivity index (χ4v) is 13.8. The summed E-state index contributed by atoms with van der Waals surface area (Å²) in [7, 11) is 1.31. The minimum absolute atomic E-state index is 0.000261. The van der Waals surface area contributed by atoms with Crippen molar-refractivity contribution in [2.45, 2.75) is 165 Å². The number of amides is 5. The number of aliphatic hydroxyl groups is 2. The zero-order valence-electron chi connectivity index (χ0n) is 54.9. The van der Waals surface area contributed by atoms with E-state index in [1.807, 2.05) is 0 Å². The Hall–Kier alpha value is -8.88. The van der Waals surface area contributed by atoms with Gasteiger partial charge in [0, 0.05) is 64.2 Å². The van der Waals surface area contributed by atoms with Crippen LogP contribution in [-0.2, 0) is 68.4 Å². The van der Waals surface area contributed by atoms with Crippen LogP contribution in [0.4, 0.5) is 4.79 Å². The van der Waals surface area contributed by atoms with Crippen molar-refractivity contribution < 1.29 is 86.6 Å². The highest BCUT2D eigenvalue weighted by Crippen LogP contribution is 2.67. The van der Waals surface area contributed by atoms with Gasteiger partial charge in [-0.25, -0.2) is 14.4 Å². The predicted octanol–water partition coefficient (Wildman–Crippen LogP) is 4.01. The summed E-state index contributed by atoms with van der Waals surface area (Å²) in [6.45, 7) is 10.5. The molecule has 14 atom stereocenters. The van der Waals surface area contributed by atoms with Crippen LogP contribution in [0.2, 0.25) is 0 Å². The van der Waals surface area contributed by atoms with Crippen LogP contribution in [0.25, 0.3) is 0 Å². The fraction of sp³-hybridized carbons (Fsp3) is 0.486. The molecule has 8 rings (SSSR count). The zero-order chi connectivity index (χ0) is 69.4. The van der Waals surface area contributed by atoms with Crippen LogP contribution in [0.5, 0.6) is 0 Å². The number of likely N-dealkylation sites (N-methyl/N-ethyl adjacent to an activating group) is 1. The first-order valence-corrected chi connectivity index (χ1v) is 31.8. The van der Waals surface area contributed by atoms with Gasteiger partial charge in [-0.05, 0) is 100 Å². The van der Waals surface area contributed by atoms with E-state index in [0.717, 1.165) is 24.3 Å². The third-order valence-corrected chi connectivity index (χ3v) is 19.2. The molecular formula is C70H87N7O18. The first kappa shape index (κ1) is 72.0. The van der Waals surface area contributed by atoms with Crippen molar-refractivity contribution in [2.24, 2.45) is 28.2 Å². The standard InChI is InChI=1S/C70H87N7O18/c1-40-50(37-69(89)58(94-63(86)47-30-20-13-21-31-47)56-68(8,57(81)54(91-42(3)78)52(40)66(69,5)6)51(80)38-67(7)70(56,39-90-67)95-43(4)79)92-64(87)55(53(45-26-16-11-17-27-45)76-60(83)46-28-18-12-19-29-46)93-65(88)77(9)35-34-73-61(84)48(32-22-23-33-71)74-62(85)49(75-59(82)41(2)72)36-44-24-14-10-15-25-44/h10-21,24-31,41,48-51,53-56,58,80,89H,22-23,32-39,71-72H2,1-9H3,(H,73,84)(H,74,85)(H,75,82)(H,76,83)/t41-,48+,49+,50+,51+,53?,54-,55-,56+,58+,67-,68-,69-,70-/m1/s1. The lowest BCUT2D eigenvalue weighted by Gasteiger charge is -2.70. The lowest BCUT2D eigenvalue weighted by molar-refractivity contribution is -0.383. The maximum absolute atomic E-state index is 16.1. The van der Waals surface area contributed by atoms with Crippen molar-refractivity contribution in [1.82, 2.24) is 26.2 Å². The van der Waals surface area contributed by atoms with Gasteiger partial charge in [0.2, 0.25) is 23.8 Å². The number of carbonyl (C=O) groups is 10. The van der Waals surface area contributed by atoms with E-state index in [1.165, 1.54) is 65.9 Å². The second-order valence-corrected chi connectivity index (χ2v) is 25.9. The molecule has 10 N–H and O–H groups in total. The summed E-state index contributed by atoms with van der Waals surface area (Å²) in [5.74, 6) is -9.41. The third-order valence-electron chi connectivity index (χ3n) is 19.2. The SMILES string of the molecule is CC(=O)O[C@H]1C(=O)[C@]2(C)[C@@H](O)C[C@@]3(C)OC[C@@]3(OC(C)=O)[C@H]2[C@H](OC(=O)c2ccccc2)[C@]2(O)C[C@H](OC(=O)[C@H](OC(=O)N(C)CCNC(=O)[C@H](CCCCN)NC(=O)[C@H](Cc3ccccc3)NC(=O)[C@@H](C)N)C(NC(=O)c3ccccc3)c3ccccc3)C(C)=C1C2(C)C. The summed E-state index contributed by atoms with van der Waals surface area (Å²) >= 11 is 0. The Morgan fingerprint density at radius 3 is 1.89 bits per heavy atom. The number of rotatable bonds is 25. The Balaban J connectivity index is 1.17. The maximum atomic E-state index is 16.1. The zero-order valence-corrected chi connectivity index (χ0v) is 54.9. The quantitative estimate of drug-likeness (QED) is 0.0201. The highest BCUT2D eigenvalue weighted by Gasteiger charge is 2.81. The molecular weight excluding hydrogens is 1230 g/mol. The molecule has 25 nitrogen and oxygen atoms in total. The molecule has 2 bridgehead atoms. The summed E-state index contributed by atoms with van der Waals surface area (Å²) < 4.78 is 37.7. The van der Waals surface area contributed by atoms with E-state index in [1.54, 1.807) is 104 Å². The number of aliphatic hydroxyl groups excluding tert-OH is 1. The van der Waals surface area contributed by atoms with Crippen molar-refractivity contribution >= 4 is 59.4 Å². The number of carbonyl (C=O) groups excluding carboxylic acids is 10. The van der Waals surface area contributed by atoms with Gasteiger partial charge >= 0.3 is 30.0 Å². The lowest BCUT2D eigenvalue weighted by atomic mass is 9.42. The number of unbranched alkanes of at least 4 members (excludes halogenated alkanes) is 1. The van der Waals surface area contributed by atoms with Crippen LogP contribution in [0.3, 0.4) is 0 Å². The number of fused-ring (bicyclic) bond motifs is 5. The van der Waals surface area contributed by atoms with Gasteiger partial charge in [0.1, 0.15) is 41.5 Å². The summed E-state index contributed by atoms with van der Waals surface area (Å²) in [5.41, 5.74) is 2.59. The molecule has 3 aliphatic carbocycles. The first-order valence-electron chi connectivity index (χ1n) is 31.8. The maximum Gasteiger partial charge on any atom is 0.410 e. The lowest BCUT2D eigenvalue weighted by Crippen LogP contribution is -2.85. The van der Waals surface area contributed by atoms with E-state index in [2.05, 4.69) is 21.3 Å². The van der Waals surface area contributed by atoms with Gasteiger partial charge in [-0.15, -0.1) is 0 Å². The molecule has 4 aliphatic rings. The molecule has 2 saturated carbocycles. The van der Waals surface area contributed by atoms with E-state index in [0.29, 0.717) is 19.4 Å². The second kappa shape index (κ2) is 29.8. The molecule has 25 heteroatoms. The Morgan fingerprint density at radius 1 is 0.737 bits per heavy atom. The summed E-state index contributed by atoms with van der Waals surface area (Å²) in [6.07, 6.45) is -10.5. The average molecular weight is 1310 g/mol. The monoisotopic (exact) mass is 1310 g/mol. The van der Waals surface area contributed by atoms with Crippen molar-refractivity contribution in [3.8, 4) is 0 Å². The Kier molecular flexibility index (Phi) is 22.6. The number of nitrogens with zero attached hydrogens (tertiary/aromatic N) is 1. The predicted molar refractivity (Wildman–Crippen MR) is 343 cm³/mol. The van der Waals surface area contributed by atoms with Gasteiger partial charge in [0.05, 0.1) is 35.6 Å². The fourth-order valence-electron chi connectivity index (χ4n) is 13.8. The van der Waals surface area contributed by atoms with Crippen LogP contribution in [0, 0.1) is 16.7 Å². The molecule has 0 radical (unpaired) electrons. The van der Waals surface area contributed by atoms with Crippen LogP contribution in [0.1, 0.15) is 125 Å². The number of nitrogens with two attached hydrogens (primary N) is 2. The Labute approximate surface area is 551 Å². The molecule has 1 saturated heterocycles. The number of ether oxygens (including phenoxy) is 6. The van der Waals surface area contributed by atoms with Crippen LogP contribution >= 0.6 is 0 Å². The van der Waals surface area contributed by atoms with Gasteiger partial charge < -0.3 is 76.3 Å². The molecule has 3 fully saturated rings. The van der Waals surface area contributed by atoms with Crippen LogP contribution < -0.4 is 32.7 Å². The average Bonchev–Trinajstić information content (AvgIpc) is 0.661. The second-order valence-electron chi connectivity index (χ2n) is 25.9. The van der Waals surface area contributed by atoms with Gasteiger partial charge in [-0.1, -0.05) is 111 Å². The number of nitrogens with one attached hydrogen (secondary N) is 4. The molecule has 4 aromatic rings. The number of Topliss-reactive ketones (excluding diaryl/α,β-unsaturated/α-hetero) is 1. The number of benzene rings is 4. The third kappa shape index (κ3) is 15.0. The molecule has 0 spiro atoms. The molecule has 1 aliphatic heterocycles. The van der Waals surface area contributed by atoms with Crippen molar-refractivity contribution in [3.63, 3.8) is 0 Å². The molecule has 95 heavy (non-hydrogen) atoms. The molecule has 510 valence electrons. The molecule has 5 amide bonds. The summed E-state index contributed by atoms with van der Waals surface area (Å²) in [6, 6.07) is 27.8. The largest absolute Gasteiger partial charge is 0.455 e. The van der Waals surface area contributed by atoms with E-state index in [4.69, 9.17) is 39.9 Å². The minimum Gasteiger partial charge on any atom is -0.455 e. The van der Waals surface area contributed by atoms with E-state index in [-0.39, 0.29) is 60.2 Å². The normalized spacial score (nSPS) is 26.4. The Morgan fingerprint density at radius 2 is 1.33 bits per heavy atom. The highest BCUT2D eigenvalue weighted by molar-refractivity contribution is 5.97. The first-order chi connectivity index (χ1) is 44.9.